The smallest absolute Gasteiger partial charge is 0.0934 e. The second-order valence-electron chi connectivity index (χ2n) is 6.51. The largest absolute Gasteiger partial charge is 0.231 e. The summed E-state index contributed by atoms with van der Waals surface area (Å²) < 4.78 is 1.93. The number of para-hydroxylation sites is 1. The van der Waals surface area contributed by atoms with Gasteiger partial charge < -0.3 is 0 Å². The number of aromatic nitrogens is 2. The van der Waals surface area contributed by atoms with Gasteiger partial charge in [0.2, 0.25) is 0 Å². The van der Waals surface area contributed by atoms with Gasteiger partial charge in [-0.15, -0.1) is 0 Å². The van der Waals surface area contributed by atoms with Gasteiger partial charge in [0.1, 0.15) is 0 Å². The zero-order valence-electron chi connectivity index (χ0n) is 14.8. The summed E-state index contributed by atoms with van der Waals surface area (Å²) in [4.78, 5) is 0. The Hall–Kier alpha value is -2.84. The number of rotatable bonds is 3. The molecule has 0 bridgehead atoms. The lowest BCUT2D eigenvalue weighted by Crippen LogP contribution is -2.00. The lowest BCUT2D eigenvalue weighted by molar-refractivity contribution is 0.892. The highest BCUT2D eigenvalue weighted by Gasteiger charge is 2.14. The van der Waals surface area contributed by atoms with Crippen molar-refractivity contribution in [2.75, 3.05) is 0 Å². The zero-order valence-corrected chi connectivity index (χ0v) is 15.5. The lowest BCUT2D eigenvalue weighted by Gasteiger charge is -2.09. The highest BCUT2D eigenvalue weighted by atomic mass is 35.5. The molecule has 26 heavy (non-hydrogen) atoms. The van der Waals surface area contributed by atoms with Crippen LogP contribution in [0, 0.1) is 13.8 Å². The van der Waals surface area contributed by atoms with E-state index in [2.05, 4.69) is 68.4 Å². The molecule has 4 aromatic rings. The van der Waals surface area contributed by atoms with Crippen LogP contribution in [0.2, 0.25) is 5.02 Å². The van der Waals surface area contributed by atoms with E-state index in [0.29, 0.717) is 5.02 Å². The molecule has 1 heterocycles. The molecule has 0 saturated heterocycles. The van der Waals surface area contributed by atoms with Crippen LogP contribution in [0.25, 0.3) is 28.2 Å². The van der Waals surface area contributed by atoms with E-state index in [1.807, 2.05) is 28.9 Å². The molecule has 0 unspecified atom stereocenters. The third-order valence-corrected chi connectivity index (χ3v) is 4.80. The summed E-state index contributed by atoms with van der Waals surface area (Å²) in [5.74, 6) is 0. The average Bonchev–Trinajstić information content (AvgIpc) is 3.08. The molecule has 2 nitrogen and oxygen atoms in total. The number of hydrogen-bond donors (Lipinski definition) is 0. The summed E-state index contributed by atoms with van der Waals surface area (Å²) in [5, 5.41) is 5.55. The first-order valence-electron chi connectivity index (χ1n) is 8.61. The van der Waals surface area contributed by atoms with Gasteiger partial charge in [-0.25, -0.2) is 4.68 Å². The first-order valence-corrected chi connectivity index (χ1v) is 8.99. The molecule has 128 valence electrons. The fourth-order valence-corrected chi connectivity index (χ4v) is 3.20. The van der Waals surface area contributed by atoms with Crippen LogP contribution in [0.5, 0.6) is 0 Å². The maximum atomic E-state index is 6.46. The normalized spacial score (nSPS) is 10.9. The van der Waals surface area contributed by atoms with E-state index in [1.54, 1.807) is 0 Å². The van der Waals surface area contributed by atoms with Crippen molar-refractivity contribution in [2.45, 2.75) is 13.8 Å². The molecule has 0 aliphatic heterocycles. The molecule has 0 N–H and O–H groups in total. The predicted molar refractivity (Wildman–Crippen MR) is 109 cm³/mol. The zero-order chi connectivity index (χ0) is 18.1. The molecule has 0 radical (unpaired) electrons. The highest BCUT2D eigenvalue weighted by molar-refractivity contribution is 6.32. The summed E-state index contributed by atoms with van der Waals surface area (Å²) in [5.41, 5.74) is 7.50. The van der Waals surface area contributed by atoms with Gasteiger partial charge >= 0.3 is 0 Å². The molecule has 0 aliphatic carbocycles. The molecule has 0 aliphatic rings. The predicted octanol–water partition coefficient (Wildman–Crippen LogP) is 6.48. The van der Waals surface area contributed by atoms with Gasteiger partial charge in [0.05, 0.1) is 22.1 Å². The Morgan fingerprint density at radius 1 is 0.731 bits per heavy atom. The molecule has 1 aromatic heterocycles. The molecule has 3 aromatic carbocycles. The molecule has 0 spiro atoms. The van der Waals surface area contributed by atoms with E-state index in [-0.39, 0.29) is 0 Å². The lowest BCUT2D eigenvalue weighted by atomic mass is 10.1. The third kappa shape index (κ3) is 3.16. The van der Waals surface area contributed by atoms with Gasteiger partial charge in [-0.05, 0) is 32.0 Å². The highest BCUT2D eigenvalue weighted by Crippen LogP contribution is 2.31. The van der Waals surface area contributed by atoms with Crippen LogP contribution >= 0.6 is 11.6 Å². The molecule has 0 fully saturated rings. The van der Waals surface area contributed by atoms with Crippen LogP contribution in [-0.4, -0.2) is 9.78 Å². The monoisotopic (exact) mass is 358 g/mol. The Morgan fingerprint density at radius 2 is 1.31 bits per heavy atom. The van der Waals surface area contributed by atoms with E-state index < -0.39 is 0 Å². The second-order valence-corrected chi connectivity index (χ2v) is 6.92. The summed E-state index contributed by atoms with van der Waals surface area (Å²) in [6, 6.07) is 26.8. The molecular weight excluding hydrogens is 340 g/mol. The van der Waals surface area contributed by atoms with Crippen molar-refractivity contribution in [3.8, 4) is 28.2 Å². The quantitative estimate of drug-likeness (QED) is 0.410. The van der Waals surface area contributed by atoms with E-state index in [4.69, 9.17) is 16.7 Å². The van der Waals surface area contributed by atoms with E-state index >= 15 is 0 Å². The van der Waals surface area contributed by atoms with Gasteiger partial charge in [-0.1, -0.05) is 83.4 Å². The van der Waals surface area contributed by atoms with Crippen LogP contribution in [0.4, 0.5) is 0 Å². The van der Waals surface area contributed by atoms with Crippen molar-refractivity contribution < 1.29 is 0 Å². The third-order valence-electron chi connectivity index (χ3n) is 4.48. The van der Waals surface area contributed by atoms with Crippen LogP contribution in [0.3, 0.4) is 0 Å². The number of benzene rings is 3. The molecule has 0 saturated carbocycles. The van der Waals surface area contributed by atoms with Crippen LogP contribution < -0.4 is 0 Å². The van der Waals surface area contributed by atoms with Gasteiger partial charge in [-0.2, -0.15) is 5.10 Å². The summed E-state index contributed by atoms with van der Waals surface area (Å²) in [6.45, 7) is 4.18. The number of hydrogen-bond acceptors (Lipinski definition) is 1. The van der Waals surface area contributed by atoms with E-state index in [1.165, 1.54) is 11.1 Å². The van der Waals surface area contributed by atoms with Gasteiger partial charge in [0.15, 0.2) is 0 Å². The van der Waals surface area contributed by atoms with E-state index in [9.17, 15) is 0 Å². The first kappa shape index (κ1) is 16.6. The topological polar surface area (TPSA) is 17.8 Å². The van der Waals surface area contributed by atoms with Gasteiger partial charge in [-0.3, -0.25) is 0 Å². The number of halogens is 1. The minimum absolute atomic E-state index is 0.680. The van der Waals surface area contributed by atoms with Crippen molar-refractivity contribution >= 4 is 11.6 Å². The summed E-state index contributed by atoms with van der Waals surface area (Å²) in [6.07, 6.45) is 0. The molecule has 3 heteroatoms. The van der Waals surface area contributed by atoms with Crippen molar-refractivity contribution in [2.24, 2.45) is 0 Å². The fraction of sp³-hybridized carbons (Fsp3) is 0.0870. The minimum atomic E-state index is 0.680. The van der Waals surface area contributed by atoms with Crippen LogP contribution in [0.1, 0.15) is 11.1 Å². The maximum Gasteiger partial charge on any atom is 0.0934 e. The average molecular weight is 359 g/mol. The Kier molecular flexibility index (Phi) is 4.36. The molecular formula is C23H19ClN2. The maximum absolute atomic E-state index is 6.46. The summed E-state index contributed by atoms with van der Waals surface area (Å²) in [7, 11) is 0. The Balaban J connectivity index is 1.92. The molecule has 0 atom stereocenters. The van der Waals surface area contributed by atoms with Crippen molar-refractivity contribution in [3.05, 3.63) is 95.0 Å². The van der Waals surface area contributed by atoms with Gasteiger partial charge in [0.25, 0.3) is 0 Å². The van der Waals surface area contributed by atoms with Crippen LogP contribution in [-0.2, 0) is 0 Å². The SMILES string of the molecule is Cc1ccc(-c2cc(-c3ccc(C)cc3)n(-c3ccccc3Cl)n2)cc1. The Bertz CT molecular complexity index is 1040. The number of nitrogens with zero attached hydrogens (tertiary/aromatic N) is 2. The Labute approximate surface area is 158 Å². The summed E-state index contributed by atoms with van der Waals surface area (Å²) >= 11 is 6.46. The minimum Gasteiger partial charge on any atom is -0.231 e. The number of aryl methyl sites for hydroxylation is 2. The fourth-order valence-electron chi connectivity index (χ4n) is 2.98. The standard InChI is InChI=1S/C23H19ClN2/c1-16-7-11-18(12-8-16)21-15-23(19-13-9-17(2)10-14-19)26(25-21)22-6-4-3-5-20(22)24/h3-15H,1-2H3. The van der Waals surface area contributed by atoms with Crippen molar-refractivity contribution in [3.63, 3.8) is 0 Å². The second kappa shape index (κ2) is 6.81. The molecule has 0 amide bonds. The van der Waals surface area contributed by atoms with Crippen molar-refractivity contribution in [1.29, 1.82) is 0 Å². The Morgan fingerprint density at radius 3 is 1.92 bits per heavy atom. The molecule has 4 rings (SSSR count). The van der Waals surface area contributed by atoms with Crippen molar-refractivity contribution in [1.82, 2.24) is 9.78 Å². The van der Waals surface area contributed by atoms with Crippen LogP contribution in [0.15, 0.2) is 78.9 Å². The van der Waals surface area contributed by atoms with E-state index in [0.717, 1.165) is 28.2 Å². The first-order chi connectivity index (χ1) is 12.6. The van der Waals surface area contributed by atoms with Gasteiger partial charge in [0, 0.05) is 11.1 Å².